The van der Waals surface area contributed by atoms with E-state index in [1.54, 1.807) is 11.3 Å². The van der Waals surface area contributed by atoms with Crippen LogP contribution in [-0.2, 0) is 10.8 Å². The second-order valence-corrected chi connectivity index (χ2v) is 37.5. The fraction of sp³-hybridized carbons (Fsp3) is 0.0149. The summed E-state index contributed by atoms with van der Waals surface area (Å²) in [5.74, 6) is 4.11. The normalized spacial score (nSPS) is 12.4. The molecule has 9 nitrogen and oxygen atoms in total. The van der Waals surface area contributed by atoms with Crippen LogP contribution < -0.4 is 0 Å². The summed E-state index contributed by atoms with van der Waals surface area (Å²) in [5, 5.41) is 5.65. The van der Waals surface area contributed by atoms with Crippen molar-refractivity contribution in [3.8, 4) is 158 Å². The van der Waals surface area contributed by atoms with Crippen LogP contribution in [0.25, 0.3) is 211 Å². The minimum atomic E-state index is -0.508. The molecule has 0 aliphatic heterocycles. The Hall–Kier alpha value is -18.7. The summed E-state index contributed by atoms with van der Waals surface area (Å²) >= 11 is 1.81. The molecule has 0 saturated carbocycles. The van der Waals surface area contributed by atoms with Crippen LogP contribution in [-0.4, -0.2) is 29.9 Å². The van der Waals surface area contributed by atoms with Crippen LogP contribution in [0.3, 0.4) is 0 Å². The molecule has 0 N–H and O–H groups in total. The number of nitrogens with zero attached hydrogens (tertiary/aromatic N) is 6. The van der Waals surface area contributed by atoms with Gasteiger partial charge in [-0.3, -0.25) is 0 Å². The van der Waals surface area contributed by atoms with Crippen LogP contribution in [0.1, 0.15) is 44.5 Å². The van der Waals surface area contributed by atoms with E-state index >= 15 is 0 Å². The highest BCUT2D eigenvalue weighted by Crippen LogP contribution is 2.60. The van der Waals surface area contributed by atoms with Gasteiger partial charge in [-0.2, -0.15) is 0 Å². The Morgan fingerprint density at radius 3 is 1.01 bits per heavy atom. The fourth-order valence-electron chi connectivity index (χ4n) is 21.5. The van der Waals surface area contributed by atoms with E-state index in [1.165, 1.54) is 92.5 Å². The minimum Gasteiger partial charge on any atom is -0.454 e. The molecule has 0 amide bonds. The number of hydrogen-bond acceptors (Lipinski definition) is 10. The zero-order chi connectivity index (χ0) is 95.4. The lowest BCUT2D eigenvalue weighted by Crippen LogP contribution is -2.28. The predicted octanol–water partition coefficient (Wildman–Crippen LogP) is 34.8. The lowest BCUT2D eigenvalue weighted by Gasteiger charge is -2.34. The third kappa shape index (κ3) is 15.4. The van der Waals surface area contributed by atoms with Crippen molar-refractivity contribution in [3.05, 3.63) is 566 Å². The van der Waals surface area contributed by atoms with Gasteiger partial charge in [-0.15, -0.1) is 11.3 Å². The lowest BCUT2D eigenvalue weighted by atomic mass is 9.67. The second-order valence-electron chi connectivity index (χ2n) is 36.5. The Labute approximate surface area is 836 Å². The van der Waals surface area contributed by atoms with Crippen LogP contribution in [0.4, 0.5) is 0 Å². The summed E-state index contributed by atoms with van der Waals surface area (Å²) in [6.07, 6.45) is 0. The van der Waals surface area contributed by atoms with Crippen molar-refractivity contribution < 1.29 is 13.3 Å². The first kappa shape index (κ1) is 85.7. The van der Waals surface area contributed by atoms with Gasteiger partial charge in [0.1, 0.15) is 33.8 Å². The third-order valence-electron chi connectivity index (χ3n) is 28.1. The van der Waals surface area contributed by atoms with Crippen molar-refractivity contribution in [3.63, 3.8) is 0 Å². The Bertz CT molecular complexity index is 9070. The molecule has 10 heteroatoms. The summed E-state index contributed by atoms with van der Waals surface area (Å²) in [6, 6.07) is 183. The van der Waals surface area contributed by atoms with E-state index in [0.29, 0.717) is 29.0 Å². The van der Waals surface area contributed by atoms with Crippen molar-refractivity contribution >= 4 is 64.4 Å². The van der Waals surface area contributed by atoms with E-state index < -0.39 is 10.8 Å². The Kier molecular flexibility index (Phi) is 21.7. The molecule has 0 unspecified atom stereocenters. The maximum absolute atomic E-state index is 6.44. The molecule has 0 radical (unpaired) electrons. The van der Waals surface area contributed by atoms with Gasteiger partial charge in [0.15, 0.2) is 34.8 Å². The summed E-state index contributed by atoms with van der Waals surface area (Å²) in [7, 11) is 0. The van der Waals surface area contributed by atoms with E-state index in [9.17, 15) is 0 Å². The molecule has 28 rings (SSSR count). The van der Waals surface area contributed by atoms with E-state index in [4.69, 9.17) is 43.2 Å². The van der Waals surface area contributed by atoms with E-state index in [1.807, 2.05) is 72.8 Å². The Morgan fingerprint density at radius 2 is 0.500 bits per heavy atom. The predicted molar refractivity (Wildman–Crippen MR) is 588 cm³/mol. The molecule has 144 heavy (non-hydrogen) atoms. The van der Waals surface area contributed by atoms with Gasteiger partial charge in [0.2, 0.25) is 0 Å². The molecule has 7 aromatic heterocycles. The highest BCUT2D eigenvalue weighted by molar-refractivity contribution is 7.26. The van der Waals surface area contributed by atoms with E-state index in [-0.39, 0.29) is 0 Å². The zero-order valence-electron chi connectivity index (χ0n) is 78.0. The molecule has 2 aliphatic carbocycles. The summed E-state index contributed by atoms with van der Waals surface area (Å²) in [4.78, 5) is 31.2. The molecular weight excluding hydrogens is 1770 g/mol. The van der Waals surface area contributed by atoms with Gasteiger partial charge in [0.25, 0.3) is 0 Å². The summed E-state index contributed by atoms with van der Waals surface area (Å²) in [6.45, 7) is 0. The molecule has 676 valence electrons. The molecule has 0 bridgehead atoms. The van der Waals surface area contributed by atoms with E-state index in [2.05, 4.69) is 449 Å². The summed E-state index contributed by atoms with van der Waals surface area (Å²) in [5.41, 5.74) is 34.0. The van der Waals surface area contributed by atoms with Gasteiger partial charge in [-0.05, 0) is 179 Å². The molecule has 19 aromatic carbocycles. The minimum absolute atomic E-state index is 0.508. The van der Waals surface area contributed by atoms with E-state index in [0.717, 1.165) is 134 Å². The Balaban J connectivity index is 0.000000111. The SMILES string of the molecule is c1ccc(-c2ccc(-c3nc(-c4cc5ccccc5o4)cc(-c4cccc5c4sc4ccccc45)n3)cc2)cc1.c1ccc(-c2cccc(-c3nc(-c4cc5ccccc5o4)cc(-c4cccc5c4-c4ccccc4C5(c4ccccc4)c4ccccc4)n3)c2)cc1.c1ccc(-c2cccc(-c3nc(-c4ccc5c(c4)C(c4ccccc4)(c4ccccc4)c4ccccc4-5)cc(-c4cc5ccccc5o4)n3)c2)cc1. The average molecular weight is 1860 g/mol. The van der Waals surface area contributed by atoms with Crippen LogP contribution in [0.5, 0.6) is 0 Å². The van der Waals surface area contributed by atoms with Crippen molar-refractivity contribution in [2.24, 2.45) is 0 Å². The van der Waals surface area contributed by atoms with Crippen LogP contribution in [0.15, 0.2) is 535 Å². The van der Waals surface area contributed by atoms with Gasteiger partial charge < -0.3 is 13.3 Å². The number of benzene rings is 19. The molecule has 0 saturated heterocycles. The number of thiophene rings is 1. The number of fused-ring (bicyclic) bond motifs is 12. The first-order valence-corrected chi connectivity index (χ1v) is 49.4. The number of para-hydroxylation sites is 3. The van der Waals surface area contributed by atoms with Crippen molar-refractivity contribution in [1.29, 1.82) is 0 Å². The largest absolute Gasteiger partial charge is 0.454 e. The second kappa shape index (κ2) is 36.6. The molecule has 2 aliphatic rings. The smallest absolute Gasteiger partial charge is 0.160 e. The molecule has 0 spiro atoms. The lowest BCUT2D eigenvalue weighted by molar-refractivity contribution is 0.628. The molecule has 0 atom stereocenters. The maximum atomic E-state index is 6.44. The average Bonchev–Trinajstić information content (AvgIpc) is 1.53. The molecule has 26 aromatic rings. The fourth-order valence-corrected chi connectivity index (χ4v) is 22.7. The third-order valence-corrected chi connectivity index (χ3v) is 29.3. The van der Waals surface area contributed by atoms with Crippen molar-refractivity contribution in [2.75, 3.05) is 0 Å². The van der Waals surface area contributed by atoms with Crippen LogP contribution in [0, 0.1) is 0 Å². The topological polar surface area (TPSA) is 117 Å². The van der Waals surface area contributed by atoms with Crippen LogP contribution >= 0.6 is 11.3 Å². The number of furan rings is 3. The highest BCUT2D eigenvalue weighted by Gasteiger charge is 2.49. The van der Waals surface area contributed by atoms with Gasteiger partial charge in [-0.25, -0.2) is 29.9 Å². The van der Waals surface area contributed by atoms with Crippen molar-refractivity contribution in [2.45, 2.75) is 10.8 Å². The Morgan fingerprint density at radius 1 is 0.181 bits per heavy atom. The zero-order valence-corrected chi connectivity index (χ0v) is 78.8. The van der Waals surface area contributed by atoms with Crippen molar-refractivity contribution in [1.82, 2.24) is 29.9 Å². The number of rotatable bonds is 16. The summed E-state index contributed by atoms with van der Waals surface area (Å²) < 4.78 is 21.6. The molecular formula is C134H86N6O3S. The van der Waals surface area contributed by atoms with Gasteiger partial charge >= 0.3 is 0 Å². The number of hydrogen-bond donors (Lipinski definition) is 0. The molecule has 0 fully saturated rings. The monoisotopic (exact) mass is 1860 g/mol. The first-order valence-electron chi connectivity index (χ1n) is 48.6. The van der Waals surface area contributed by atoms with Gasteiger partial charge in [-0.1, -0.05) is 443 Å². The standard InChI is InChI=1S/2C49H32N2O.C36H22N2OS/c1-4-16-33(17-5-1)34-19-14-20-36(30-34)48-50-43(32-44(51-48)46-31-35-18-10-13-29-45(35)52-46)40-26-15-28-42-47(40)39-25-11-12-27-41(39)49(42,37-21-6-2-7-22-37)38-23-8-3-9-24-38;1-4-15-33(16-5-1)34-18-14-19-37(29-34)48-50-44(32-45(51-48)47-31-36-17-10-13-26-46(36)52-47)35-27-28-41-40-24-11-12-25-42(40)49(43(41)30-35,38-20-6-2-7-21-38)39-22-8-3-9-23-39;1-2-9-23(10-3-1)24-17-19-25(20-18-24)36-37-30(22-31(38-36)33-21-26-11-4-6-15-32(26)39-33)29-14-8-13-28-27-12-5-7-16-34(27)40-35(28)29/h2*1-32H;1-22H. The van der Waals surface area contributed by atoms with Crippen LogP contribution in [0.2, 0.25) is 0 Å². The maximum Gasteiger partial charge on any atom is 0.160 e. The van der Waals surface area contributed by atoms with Gasteiger partial charge in [0, 0.05) is 69.7 Å². The van der Waals surface area contributed by atoms with Gasteiger partial charge in [0.05, 0.1) is 27.9 Å². The highest BCUT2D eigenvalue weighted by atomic mass is 32.1. The quantitative estimate of drug-likeness (QED) is 0.0932. The molecule has 7 heterocycles. The number of aromatic nitrogens is 6. The first-order chi connectivity index (χ1) is 71.3.